The molecule has 2 aliphatic rings. The highest BCUT2D eigenvalue weighted by Gasteiger charge is 2.34. The summed E-state index contributed by atoms with van der Waals surface area (Å²) in [5.74, 6) is -1.06. The van der Waals surface area contributed by atoms with Crippen LogP contribution in [0, 0.1) is 11.8 Å². The van der Waals surface area contributed by atoms with E-state index >= 15 is 0 Å². The van der Waals surface area contributed by atoms with Crippen LogP contribution >= 0.6 is 0 Å². The van der Waals surface area contributed by atoms with Crippen LogP contribution < -0.4 is 20.7 Å². The maximum Gasteiger partial charge on any atom is 0.328 e. The van der Waals surface area contributed by atoms with Crippen molar-refractivity contribution in [1.82, 2.24) is 20.9 Å². The van der Waals surface area contributed by atoms with Crippen molar-refractivity contribution in [3.05, 3.63) is 30.0 Å². The van der Waals surface area contributed by atoms with Gasteiger partial charge in [0.15, 0.2) is 0 Å². The average Bonchev–Trinajstić information content (AvgIpc) is 3.53. The Labute approximate surface area is 216 Å². The smallest absolute Gasteiger partial charge is 0.328 e. The number of fused-ring (bicyclic) bond motifs is 1. The lowest BCUT2D eigenvalue weighted by Crippen LogP contribution is -2.53. The van der Waals surface area contributed by atoms with E-state index in [-0.39, 0.29) is 18.2 Å². The number of H-pyrrole nitrogens is 1. The minimum atomic E-state index is -0.977. The number of aromatic amines is 1. The van der Waals surface area contributed by atoms with E-state index in [1.807, 2.05) is 18.2 Å². The molecule has 4 N–H and O–H groups in total. The number of nitrogens with one attached hydrogen (secondary N) is 4. The van der Waals surface area contributed by atoms with E-state index in [1.165, 1.54) is 13.5 Å². The van der Waals surface area contributed by atoms with Crippen LogP contribution in [0.5, 0.6) is 5.75 Å². The number of ether oxygens (including phenoxy) is 2. The Morgan fingerprint density at radius 2 is 1.81 bits per heavy atom. The second kappa shape index (κ2) is 12.1. The maximum absolute atomic E-state index is 13.5. The molecule has 0 unspecified atom stereocenters. The number of amides is 3. The Morgan fingerprint density at radius 1 is 1.03 bits per heavy atom. The standard InChI is InChI=1S/C27H36N4O6/c1-36-23-10-6-9-19-18(23)15-21(29-19)26(34)30-20(13-16-7-4-3-5-8-16)25(33)31-22(27(35)37-2)14-17-11-12-28-24(17)32/h6,9-10,15-17,20,22,29H,3-5,7-8,11-14H2,1-2H3,(H,28,32)(H,30,34)(H,31,33)/t17-,20-,22-/m0/s1. The molecule has 1 aromatic carbocycles. The number of carbonyl (C=O) groups is 4. The summed E-state index contributed by atoms with van der Waals surface area (Å²) < 4.78 is 10.3. The molecule has 0 radical (unpaired) electrons. The van der Waals surface area contributed by atoms with Crippen LogP contribution in [-0.2, 0) is 19.1 Å². The lowest BCUT2D eigenvalue weighted by Gasteiger charge is -2.28. The molecule has 10 heteroatoms. The Hall–Kier alpha value is -3.56. The van der Waals surface area contributed by atoms with Crippen LogP contribution in [0.25, 0.3) is 10.9 Å². The molecule has 1 aromatic heterocycles. The first-order valence-corrected chi connectivity index (χ1v) is 13.0. The Balaban J connectivity index is 1.51. The van der Waals surface area contributed by atoms with Crippen molar-refractivity contribution in [3.63, 3.8) is 0 Å². The fourth-order valence-electron chi connectivity index (χ4n) is 5.43. The predicted octanol–water partition coefficient (Wildman–Crippen LogP) is 2.43. The summed E-state index contributed by atoms with van der Waals surface area (Å²) in [6, 6.07) is 5.38. The Morgan fingerprint density at radius 3 is 2.49 bits per heavy atom. The Kier molecular flexibility index (Phi) is 8.68. The SMILES string of the molecule is COC(=O)[C@H](C[C@@H]1CCNC1=O)NC(=O)[C@H](CC1CCCCC1)NC(=O)c1cc2c(OC)cccc2[nH]1. The second-order valence-corrected chi connectivity index (χ2v) is 9.97. The van der Waals surface area contributed by atoms with Gasteiger partial charge in [0, 0.05) is 23.4 Å². The van der Waals surface area contributed by atoms with Gasteiger partial charge in [0.2, 0.25) is 11.8 Å². The molecule has 4 rings (SSSR count). The van der Waals surface area contributed by atoms with Crippen LogP contribution in [0.2, 0.25) is 0 Å². The molecule has 2 fully saturated rings. The van der Waals surface area contributed by atoms with E-state index in [1.54, 1.807) is 13.2 Å². The van der Waals surface area contributed by atoms with E-state index in [9.17, 15) is 19.2 Å². The number of aromatic nitrogens is 1. The molecule has 37 heavy (non-hydrogen) atoms. The normalized spacial score (nSPS) is 19.6. The zero-order chi connectivity index (χ0) is 26.4. The number of benzene rings is 1. The molecular formula is C27H36N4O6. The van der Waals surface area contributed by atoms with Crippen LogP contribution in [0.3, 0.4) is 0 Å². The third-order valence-corrected chi connectivity index (χ3v) is 7.49. The largest absolute Gasteiger partial charge is 0.496 e. The summed E-state index contributed by atoms with van der Waals surface area (Å²) in [4.78, 5) is 54.4. The summed E-state index contributed by atoms with van der Waals surface area (Å²) in [5, 5.41) is 9.18. The molecule has 1 aliphatic heterocycles. The summed E-state index contributed by atoms with van der Waals surface area (Å²) in [6.45, 7) is 0.543. The number of hydrogen-bond acceptors (Lipinski definition) is 6. The van der Waals surface area contributed by atoms with Gasteiger partial charge in [0.05, 0.1) is 14.2 Å². The molecule has 1 saturated carbocycles. The van der Waals surface area contributed by atoms with Crippen LogP contribution in [-0.4, -0.2) is 61.5 Å². The first-order valence-electron chi connectivity index (χ1n) is 13.0. The van der Waals surface area contributed by atoms with Gasteiger partial charge in [-0.1, -0.05) is 38.2 Å². The van der Waals surface area contributed by atoms with Crippen LogP contribution in [0.4, 0.5) is 0 Å². The minimum Gasteiger partial charge on any atom is -0.496 e. The van der Waals surface area contributed by atoms with E-state index in [4.69, 9.17) is 9.47 Å². The molecule has 1 saturated heterocycles. The number of esters is 1. The molecule has 3 atom stereocenters. The molecular weight excluding hydrogens is 476 g/mol. The summed E-state index contributed by atoms with van der Waals surface area (Å²) in [6.07, 6.45) is 6.55. The minimum absolute atomic E-state index is 0.135. The molecule has 10 nitrogen and oxygen atoms in total. The molecule has 1 aliphatic carbocycles. The van der Waals surface area contributed by atoms with Gasteiger partial charge in [-0.3, -0.25) is 14.4 Å². The monoisotopic (exact) mass is 512 g/mol. The van der Waals surface area contributed by atoms with Crippen molar-refractivity contribution < 1.29 is 28.7 Å². The zero-order valence-electron chi connectivity index (χ0n) is 21.4. The van der Waals surface area contributed by atoms with Gasteiger partial charge in [-0.2, -0.15) is 0 Å². The van der Waals surface area contributed by atoms with Crippen LogP contribution in [0.15, 0.2) is 24.3 Å². The van der Waals surface area contributed by atoms with Gasteiger partial charge in [-0.15, -0.1) is 0 Å². The van der Waals surface area contributed by atoms with Gasteiger partial charge >= 0.3 is 5.97 Å². The molecule has 3 amide bonds. The third-order valence-electron chi connectivity index (χ3n) is 7.49. The van der Waals surface area contributed by atoms with Crippen molar-refractivity contribution in [3.8, 4) is 5.75 Å². The van der Waals surface area contributed by atoms with Gasteiger partial charge in [-0.05, 0) is 43.4 Å². The first kappa shape index (κ1) is 26.5. The van der Waals surface area contributed by atoms with Gasteiger partial charge < -0.3 is 30.4 Å². The van der Waals surface area contributed by atoms with E-state index in [0.717, 1.165) is 36.6 Å². The Bertz CT molecular complexity index is 1140. The van der Waals surface area contributed by atoms with Gasteiger partial charge in [0.1, 0.15) is 23.5 Å². The predicted molar refractivity (Wildman–Crippen MR) is 137 cm³/mol. The van der Waals surface area contributed by atoms with E-state index in [2.05, 4.69) is 20.9 Å². The van der Waals surface area contributed by atoms with Crippen molar-refractivity contribution in [2.24, 2.45) is 11.8 Å². The highest BCUT2D eigenvalue weighted by Crippen LogP contribution is 2.29. The van der Waals surface area contributed by atoms with Crippen LogP contribution in [0.1, 0.15) is 61.9 Å². The van der Waals surface area contributed by atoms with Gasteiger partial charge in [-0.25, -0.2) is 4.79 Å². The molecule has 2 aromatic rings. The fraction of sp³-hybridized carbons (Fsp3) is 0.556. The highest BCUT2D eigenvalue weighted by molar-refractivity contribution is 6.01. The molecule has 0 spiro atoms. The topological polar surface area (TPSA) is 139 Å². The third kappa shape index (κ3) is 6.42. The fourth-order valence-corrected chi connectivity index (χ4v) is 5.43. The zero-order valence-corrected chi connectivity index (χ0v) is 21.4. The quantitative estimate of drug-likeness (QED) is 0.361. The lowest BCUT2D eigenvalue weighted by molar-refractivity contribution is -0.146. The summed E-state index contributed by atoms with van der Waals surface area (Å²) in [7, 11) is 2.82. The lowest BCUT2D eigenvalue weighted by atomic mass is 9.84. The second-order valence-electron chi connectivity index (χ2n) is 9.97. The van der Waals surface area contributed by atoms with Gasteiger partial charge in [0.25, 0.3) is 5.91 Å². The number of hydrogen-bond donors (Lipinski definition) is 4. The van der Waals surface area contributed by atoms with Crippen molar-refractivity contribution in [2.45, 2.75) is 63.5 Å². The van der Waals surface area contributed by atoms with E-state index in [0.29, 0.717) is 36.7 Å². The number of rotatable bonds is 10. The average molecular weight is 513 g/mol. The van der Waals surface area contributed by atoms with Crippen molar-refractivity contribution in [1.29, 1.82) is 0 Å². The number of methoxy groups -OCH3 is 2. The highest BCUT2D eigenvalue weighted by atomic mass is 16.5. The molecule has 200 valence electrons. The summed E-state index contributed by atoms with van der Waals surface area (Å²) in [5.41, 5.74) is 1.06. The first-order chi connectivity index (χ1) is 17.9. The van der Waals surface area contributed by atoms with E-state index < -0.39 is 29.9 Å². The van der Waals surface area contributed by atoms with Crippen molar-refractivity contribution >= 4 is 34.6 Å². The molecule has 2 heterocycles. The van der Waals surface area contributed by atoms with Crippen molar-refractivity contribution in [2.75, 3.05) is 20.8 Å². The maximum atomic E-state index is 13.5. The number of carbonyl (C=O) groups excluding carboxylic acids is 4. The molecule has 0 bridgehead atoms. The summed E-state index contributed by atoms with van der Waals surface area (Å²) >= 11 is 0.